The minimum atomic E-state index is -3.95. The summed E-state index contributed by atoms with van der Waals surface area (Å²) in [5.41, 5.74) is -0.110. The minimum absolute atomic E-state index is 0.0898. The predicted molar refractivity (Wildman–Crippen MR) is 67.8 cm³/mol. The molecular weight excluding hydrogens is 241 g/mol. The molecule has 0 aromatic heterocycles. The quantitative estimate of drug-likeness (QED) is 0.417. The van der Waals surface area contributed by atoms with Crippen molar-refractivity contribution in [3.8, 4) is 0 Å². The van der Waals surface area contributed by atoms with Gasteiger partial charge in [-0.2, -0.15) is 0 Å². The van der Waals surface area contributed by atoms with Crippen molar-refractivity contribution < 1.29 is 19.1 Å². The van der Waals surface area contributed by atoms with Crippen LogP contribution < -0.4 is 0 Å². The molecule has 0 heterocycles. The number of likely N-dealkylation sites (N-methyl/N-ethyl adjacent to an activating group) is 1. The molecule has 0 saturated heterocycles. The van der Waals surface area contributed by atoms with Gasteiger partial charge in [0.05, 0.1) is 5.66 Å². The van der Waals surface area contributed by atoms with E-state index in [4.69, 9.17) is 9.79 Å². The third-order valence-electron chi connectivity index (χ3n) is 2.65. The number of nitrogens with zero attached hydrogens (tertiary/aromatic N) is 1. The second kappa shape index (κ2) is 6.94. The summed E-state index contributed by atoms with van der Waals surface area (Å²) in [4.78, 5) is 30.8. The van der Waals surface area contributed by atoms with E-state index in [1.54, 1.807) is 25.8 Å². The van der Waals surface area contributed by atoms with Crippen molar-refractivity contribution in [2.45, 2.75) is 38.8 Å². The standard InChI is InChI=1S/C11H22NO4P/c1-9(2)11(13)12(4)8-6-5-7-10(3)17(14,15)16/h10H,1,5-8H2,2-4H3,(H2,14,15,16). The zero-order valence-electron chi connectivity index (χ0n) is 10.7. The predicted octanol–water partition coefficient (Wildman–Crippen LogP) is 1.76. The van der Waals surface area contributed by atoms with Gasteiger partial charge in [0.2, 0.25) is 5.91 Å². The maximum absolute atomic E-state index is 11.4. The molecule has 17 heavy (non-hydrogen) atoms. The highest BCUT2D eigenvalue weighted by molar-refractivity contribution is 7.52. The molecule has 0 rings (SSSR count). The molecule has 1 atom stereocenters. The van der Waals surface area contributed by atoms with Crippen LogP contribution in [0.4, 0.5) is 0 Å². The topological polar surface area (TPSA) is 77.8 Å². The Morgan fingerprint density at radius 1 is 1.41 bits per heavy atom. The van der Waals surface area contributed by atoms with E-state index in [9.17, 15) is 9.36 Å². The molecule has 0 fully saturated rings. The molecule has 5 nitrogen and oxygen atoms in total. The van der Waals surface area contributed by atoms with E-state index >= 15 is 0 Å². The van der Waals surface area contributed by atoms with Crippen molar-refractivity contribution >= 4 is 13.5 Å². The molecule has 2 N–H and O–H groups in total. The highest BCUT2D eigenvalue weighted by atomic mass is 31.2. The van der Waals surface area contributed by atoms with Gasteiger partial charge >= 0.3 is 7.60 Å². The van der Waals surface area contributed by atoms with E-state index in [0.29, 0.717) is 25.0 Å². The van der Waals surface area contributed by atoms with Crippen LogP contribution in [0.3, 0.4) is 0 Å². The lowest BCUT2D eigenvalue weighted by Gasteiger charge is -2.18. The summed E-state index contributed by atoms with van der Waals surface area (Å²) in [6.45, 7) is 7.36. The molecule has 0 aliphatic carbocycles. The number of amides is 1. The monoisotopic (exact) mass is 263 g/mol. The molecule has 0 aromatic rings. The van der Waals surface area contributed by atoms with Crippen molar-refractivity contribution in [1.82, 2.24) is 4.90 Å². The summed E-state index contributed by atoms with van der Waals surface area (Å²) in [6.07, 6.45) is 1.90. The lowest BCUT2D eigenvalue weighted by atomic mass is 10.2. The van der Waals surface area contributed by atoms with E-state index in [2.05, 4.69) is 6.58 Å². The molecule has 0 saturated carbocycles. The molecule has 0 aliphatic heterocycles. The van der Waals surface area contributed by atoms with Crippen molar-refractivity contribution in [2.75, 3.05) is 13.6 Å². The summed E-state index contributed by atoms with van der Waals surface area (Å²) >= 11 is 0. The van der Waals surface area contributed by atoms with Crippen molar-refractivity contribution in [2.24, 2.45) is 0 Å². The number of hydrogen-bond donors (Lipinski definition) is 2. The van der Waals surface area contributed by atoms with E-state index in [0.717, 1.165) is 6.42 Å². The van der Waals surface area contributed by atoms with Gasteiger partial charge in [-0.15, -0.1) is 0 Å². The van der Waals surface area contributed by atoms with Gasteiger partial charge in [-0.05, 0) is 19.8 Å². The van der Waals surface area contributed by atoms with Gasteiger partial charge in [-0.25, -0.2) is 0 Å². The van der Waals surface area contributed by atoms with Crippen LogP contribution in [-0.4, -0.2) is 39.8 Å². The Kier molecular flexibility index (Phi) is 6.68. The number of carbonyl (C=O) groups is 1. The first-order valence-corrected chi connectivity index (χ1v) is 7.30. The Morgan fingerprint density at radius 3 is 2.35 bits per heavy atom. The first kappa shape index (κ1) is 16.4. The van der Waals surface area contributed by atoms with Gasteiger partial charge < -0.3 is 14.7 Å². The third kappa shape index (κ3) is 6.61. The van der Waals surface area contributed by atoms with Crippen LogP contribution >= 0.6 is 7.60 Å². The van der Waals surface area contributed by atoms with Gasteiger partial charge in [0.25, 0.3) is 0 Å². The molecule has 6 heteroatoms. The maximum Gasteiger partial charge on any atom is 0.328 e. The molecule has 100 valence electrons. The summed E-state index contributed by atoms with van der Waals surface area (Å²) in [5, 5.41) is 0. The summed E-state index contributed by atoms with van der Waals surface area (Å²) in [7, 11) is -2.25. The van der Waals surface area contributed by atoms with Crippen molar-refractivity contribution in [3.63, 3.8) is 0 Å². The fourth-order valence-electron chi connectivity index (χ4n) is 1.38. The minimum Gasteiger partial charge on any atom is -0.342 e. The number of rotatable bonds is 7. The van der Waals surface area contributed by atoms with E-state index in [1.807, 2.05) is 0 Å². The fourth-order valence-corrected chi connectivity index (χ4v) is 1.90. The van der Waals surface area contributed by atoms with Crippen LogP contribution in [0.2, 0.25) is 0 Å². The molecular formula is C11H22NO4P. The first-order valence-electron chi connectivity index (χ1n) is 5.62. The largest absolute Gasteiger partial charge is 0.342 e. The summed E-state index contributed by atoms with van der Waals surface area (Å²) < 4.78 is 10.9. The SMILES string of the molecule is C=C(C)C(=O)N(C)CCCCC(C)P(=O)(O)O. The molecule has 1 unspecified atom stereocenters. The average molecular weight is 263 g/mol. The van der Waals surface area contributed by atoms with Gasteiger partial charge in [0.15, 0.2) is 0 Å². The van der Waals surface area contributed by atoms with E-state index in [1.165, 1.54) is 0 Å². The van der Waals surface area contributed by atoms with Crippen LogP contribution in [-0.2, 0) is 9.36 Å². The maximum atomic E-state index is 11.4. The average Bonchev–Trinajstić information content (AvgIpc) is 2.20. The third-order valence-corrected chi connectivity index (χ3v) is 4.06. The Hall–Kier alpha value is -0.640. The smallest absolute Gasteiger partial charge is 0.328 e. The second-order valence-corrected chi connectivity index (χ2v) is 6.50. The number of hydrogen-bond acceptors (Lipinski definition) is 2. The normalized spacial score (nSPS) is 13.2. The lowest BCUT2D eigenvalue weighted by molar-refractivity contribution is -0.125. The van der Waals surface area contributed by atoms with Gasteiger partial charge in [-0.1, -0.05) is 19.9 Å². The fraction of sp³-hybridized carbons (Fsp3) is 0.727. The van der Waals surface area contributed by atoms with Crippen molar-refractivity contribution in [1.29, 1.82) is 0 Å². The molecule has 1 amide bonds. The molecule has 0 radical (unpaired) electrons. The Bertz CT molecular complexity index is 323. The number of carbonyl (C=O) groups excluding carboxylic acids is 1. The van der Waals surface area contributed by atoms with Gasteiger partial charge in [-0.3, -0.25) is 9.36 Å². The number of unbranched alkanes of at least 4 members (excludes halogenated alkanes) is 1. The van der Waals surface area contributed by atoms with Gasteiger partial charge in [0.1, 0.15) is 0 Å². The highest BCUT2D eigenvalue weighted by Crippen LogP contribution is 2.43. The van der Waals surface area contributed by atoms with Crippen molar-refractivity contribution in [3.05, 3.63) is 12.2 Å². The Balaban J connectivity index is 3.83. The molecule has 0 aliphatic rings. The summed E-state index contributed by atoms with van der Waals surface area (Å²) in [5.74, 6) is -0.0898. The second-order valence-electron chi connectivity index (χ2n) is 4.44. The molecule has 0 bridgehead atoms. The Morgan fingerprint density at radius 2 is 1.94 bits per heavy atom. The van der Waals surface area contributed by atoms with Crippen LogP contribution in [0.5, 0.6) is 0 Å². The zero-order valence-corrected chi connectivity index (χ0v) is 11.6. The summed E-state index contributed by atoms with van der Waals surface area (Å²) in [6, 6.07) is 0. The first-order chi connectivity index (χ1) is 7.66. The molecule has 0 spiro atoms. The van der Waals surface area contributed by atoms with Crippen LogP contribution in [0.1, 0.15) is 33.1 Å². The lowest BCUT2D eigenvalue weighted by Crippen LogP contribution is -2.28. The zero-order chi connectivity index (χ0) is 13.6. The Labute approximate surface area is 103 Å². The van der Waals surface area contributed by atoms with Gasteiger partial charge in [0, 0.05) is 19.2 Å². The highest BCUT2D eigenvalue weighted by Gasteiger charge is 2.22. The molecule has 0 aromatic carbocycles. The van der Waals surface area contributed by atoms with Crippen LogP contribution in [0, 0.1) is 0 Å². The van der Waals surface area contributed by atoms with Crippen LogP contribution in [0.15, 0.2) is 12.2 Å². The van der Waals surface area contributed by atoms with E-state index < -0.39 is 13.3 Å². The van der Waals surface area contributed by atoms with Crippen LogP contribution in [0.25, 0.3) is 0 Å². The van der Waals surface area contributed by atoms with E-state index in [-0.39, 0.29) is 5.91 Å².